The molecule has 3 atom stereocenters. The van der Waals surface area contributed by atoms with Crippen molar-refractivity contribution in [2.24, 2.45) is 10.9 Å². The number of dihydropyridines is 1. The maximum absolute atomic E-state index is 5.58. The van der Waals surface area contributed by atoms with E-state index in [0.29, 0.717) is 0 Å². The topological polar surface area (TPSA) is 17.3 Å². The second kappa shape index (κ2) is 11.4. The van der Waals surface area contributed by atoms with Gasteiger partial charge in [0, 0.05) is 22.1 Å². The predicted molar refractivity (Wildman–Crippen MR) is 224 cm³/mol. The summed E-state index contributed by atoms with van der Waals surface area (Å²) in [5.74, 6) is 0.186. The molecule has 3 aliphatic rings. The largest absolute Gasteiger partial charge is 0.309 e. The molecule has 258 valence electrons. The van der Waals surface area contributed by atoms with Crippen LogP contribution in [0.1, 0.15) is 76.9 Å². The summed E-state index contributed by atoms with van der Waals surface area (Å²) >= 11 is 0. The maximum atomic E-state index is 5.58. The van der Waals surface area contributed by atoms with Gasteiger partial charge in [-0.25, -0.2) is 0 Å². The number of fused-ring (bicyclic) bond motifs is 11. The summed E-state index contributed by atoms with van der Waals surface area (Å²) < 4.78 is 2.53. The molecule has 11 rings (SSSR count). The smallest absolute Gasteiger partial charge is 0.0822 e. The summed E-state index contributed by atoms with van der Waals surface area (Å²) in [4.78, 5) is 5.58. The molecule has 54 heavy (non-hydrogen) atoms. The van der Waals surface area contributed by atoms with Crippen LogP contribution in [0.15, 0.2) is 181 Å². The maximum Gasteiger partial charge on any atom is 0.0822 e. The third kappa shape index (κ3) is 4.09. The summed E-state index contributed by atoms with van der Waals surface area (Å²) in [7, 11) is 0. The molecule has 3 heterocycles. The average molecular weight is 693 g/mol. The lowest BCUT2D eigenvalue weighted by Gasteiger charge is -2.50. The molecule has 0 radical (unpaired) electrons. The van der Waals surface area contributed by atoms with Crippen molar-refractivity contribution in [2.45, 2.75) is 37.6 Å². The fraction of sp³-hybridized carbons (Fsp3) is 0.135. The number of allylic oxidation sites excluding steroid dienone is 1. The lowest BCUT2D eigenvalue weighted by molar-refractivity contribution is 0.545. The molecular formula is C52H40N2. The van der Waals surface area contributed by atoms with Crippen LogP contribution in [0.25, 0.3) is 33.1 Å². The molecule has 7 aromatic carbocycles. The van der Waals surface area contributed by atoms with Crippen LogP contribution in [0.2, 0.25) is 0 Å². The Labute approximate surface area is 316 Å². The minimum Gasteiger partial charge on any atom is -0.309 e. The summed E-state index contributed by atoms with van der Waals surface area (Å²) in [5.41, 5.74) is 17.2. The molecule has 1 aliphatic carbocycles. The highest BCUT2D eigenvalue weighted by atomic mass is 15.0. The normalized spacial score (nSPS) is 20.6. The Morgan fingerprint density at radius 3 is 1.93 bits per heavy atom. The lowest BCUT2D eigenvalue weighted by atomic mass is 9.53. The third-order valence-electron chi connectivity index (χ3n) is 12.8. The fourth-order valence-electron chi connectivity index (χ4n) is 10.4. The van der Waals surface area contributed by atoms with E-state index >= 15 is 0 Å². The number of aromatic nitrogens is 1. The molecule has 2 nitrogen and oxygen atoms in total. The van der Waals surface area contributed by atoms with E-state index in [4.69, 9.17) is 4.99 Å². The Balaban J connectivity index is 1.20. The number of nitrogens with zero attached hydrogens (tertiary/aromatic N) is 2. The van der Waals surface area contributed by atoms with Crippen LogP contribution in [-0.4, -0.2) is 10.3 Å². The van der Waals surface area contributed by atoms with Gasteiger partial charge in [0.25, 0.3) is 0 Å². The van der Waals surface area contributed by atoms with E-state index in [1.165, 1.54) is 77.6 Å². The van der Waals surface area contributed by atoms with Crippen LogP contribution in [0, 0.1) is 5.92 Å². The number of rotatable bonds is 3. The Hall–Kier alpha value is -6.25. The van der Waals surface area contributed by atoms with E-state index in [0.717, 1.165) is 11.3 Å². The van der Waals surface area contributed by atoms with Crippen LogP contribution in [0.5, 0.6) is 0 Å². The van der Waals surface area contributed by atoms with Gasteiger partial charge in [-0.2, -0.15) is 0 Å². The molecule has 2 heteroatoms. The Kier molecular flexibility index (Phi) is 6.59. The van der Waals surface area contributed by atoms with E-state index < -0.39 is 5.41 Å². The van der Waals surface area contributed by atoms with Crippen molar-refractivity contribution in [3.05, 3.63) is 226 Å². The van der Waals surface area contributed by atoms with E-state index in [9.17, 15) is 0 Å². The Bertz CT molecular complexity index is 2870. The minimum absolute atomic E-state index is 0.0424. The zero-order valence-corrected chi connectivity index (χ0v) is 30.8. The van der Waals surface area contributed by atoms with Gasteiger partial charge in [0.05, 0.1) is 33.9 Å². The van der Waals surface area contributed by atoms with Gasteiger partial charge in [0.1, 0.15) is 0 Å². The van der Waals surface area contributed by atoms with Crippen molar-refractivity contribution in [2.75, 3.05) is 0 Å². The summed E-state index contributed by atoms with van der Waals surface area (Å²) in [5, 5.41) is 2.60. The molecule has 8 aromatic rings. The molecular weight excluding hydrogens is 653 g/mol. The number of para-hydroxylation sites is 3. The van der Waals surface area contributed by atoms with Crippen LogP contribution in [-0.2, 0) is 10.8 Å². The van der Waals surface area contributed by atoms with Crippen LogP contribution >= 0.6 is 0 Å². The van der Waals surface area contributed by atoms with Gasteiger partial charge in [-0.3, -0.25) is 4.99 Å². The van der Waals surface area contributed by atoms with Gasteiger partial charge in [-0.15, -0.1) is 0 Å². The first-order valence-corrected chi connectivity index (χ1v) is 19.3. The van der Waals surface area contributed by atoms with Crippen molar-refractivity contribution < 1.29 is 0 Å². The van der Waals surface area contributed by atoms with Gasteiger partial charge in [-0.1, -0.05) is 178 Å². The third-order valence-corrected chi connectivity index (χ3v) is 12.8. The summed E-state index contributed by atoms with van der Waals surface area (Å²) in [6.07, 6.45) is 2.32. The molecule has 0 saturated heterocycles. The quantitative estimate of drug-likeness (QED) is 0.175. The second-order valence-corrected chi connectivity index (χ2v) is 15.9. The van der Waals surface area contributed by atoms with E-state index in [1.54, 1.807) is 0 Å². The molecule has 1 aromatic heterocycles. The number of hydrogen-bond donors (Lipinski definition) is 0. The number of hydrogen-bond acceptors (Lipinski definition) is 1. The van der Waals surface area contributed by atoms with Crippen molar-refractivity contribution in [3.8, 4) is 5.69 Å². The van der Waals surface area contributed by atoms with E-state index in [1.807, 2.05) is 0 Å². The number of aliphatic imine (C=N–C) groups is 1. The first kappa shape index (κ1) is 31.3. The first-order chi connectivity index (χ1) is 26.5. The first-order valence-electron chi connectivity index (χ1n) is 19.3. The predicted octanol–water partition coefficient (Wildman–Crippen LogP) is 12.4. The monoisotopic (exact) mass is 692 g/mol. The van der Waals surface area contributed by atoms with Crippen LogP contribution in [0.3, 0.4) is 0 Å². The molecule has 3 unspecified atom stereocenters. The SMILES string of the molecule is CC1C(c2ccccc2)=CC(c2ccccc2)=NC1c1ccc2c(c1)C(C)(C)c1ccccc1C21c2ccccc2-n2c3ccccc3c3cccc1c32. The van der Waals surface area contributed by atoms with Gasteiger partial charge in [0.15, 0.2) is 0 Å². The van der Waals surface area contributed by atoms with E-state index in [2.05, 4.69) is 201 Å². The van der Waals surface area contributed by atoms with Gasteiger partial charge in [-0.05, 0) is 73.9 Å². The zero-order chi connectivity index (χ0) is 36.2. The van der Waals surface area contributed by atoms with Gasteiger partial charge in [0.2, 0.25) is 0 Å². The van der Waals surface area contributed by atoms with Crippen molar-refractivity contribution in [1.29, 1.82) is 0 Å². The Morgan fingerprint density at radius 2 is 1.13 bits per heavy atom. The fourth-order valence-corrected chi connectivity index (χ4v) is 10.4. The lowest BCUT2D eigenvalue weighted by Crippen LogP contribution is -2.44. The van der Waals surface area contributed by atoms with Gasteiger partial charge >= 0.3 is 0 Å². The molecule has 2 aliphatic heterocycles. The average Bonchev–Trinajstić information content (AvgIpc) is 3.57. The highest BCUT2D eigenvalue weighted by Gasteiger charge is 2.52. The second-order valence-electron chi connectivity index (χ2n) is 15.9. The summed E-state index contributed by atoms with van der Waals surface area (Å²) in [6, 6.07) is 63.2. The van der Waals surface area contributed by atoms with Gasteiger partial charge < -0.3 is 4.57 Å². The zero-order valence-electron chi connectivity index (χ0n) is 30.8. The standard InChI is InChI=1S/C52H40N2/c1-33-39(34-17-6-4-7-18-34)32-46(35-19-8-5-9-20-35)53-49(33)36-29-30-42-45(31-36)51(2,3)40-23-11-12-24-41(40)52(42)43-25-13-15-28-48(43)54-47-27-14-10-21-37(47)38-22-16-26-44(52)50(38)54/h4-33,49H,1-3H3. The highest BCUT2D eigenvalue weighted by molar-refractivity contribution is 6.14. The van der Waals surface area contributed by atoms with Crippen LogP contribution < -0.4 is 0 Å². The van der Waals surface area contributed by atoms with E-state index in [-0.39, 0.29) is 17.4 Å². The molecule has 0 N–H and O–H groups in total. The number of benzene rings is 7. The molecule has 0 bridgehead atoms. The highest BCUT2D eigenvalue weighted by Crippen LogP contribution is 2.61. The van der Waals surface area contributed by atoms with Crippen molar-refractivity contribution in [1.82, 2.24) is 4.57 Å². The van der Waals surface area contributed by atoms with Crippen molar-refractivity contribution in [3.63, 3.8) is 0 Å². The summed E-state index contributed by atoms with van der Waals surface area (Å²) in [6.45, 7) is 7.20. The molecule has 1 spiro atoms. The molecule has 0 saturated carbocycles. The molecule has 0 fully saturated rings. The molecule has 0 amide bonds. The van der Waals surface area contributed by atoms with Crippen LogP contribution in [0.4, 0.5) is 0 Å². The van der Waals surface area contributed by atoms with Crippen molar-refractivity contribution >= 4 is 33.1 Å². The Morgan fingerprint density at radius 1 is 0.519 bits per heavy atom. The minimum atomic E-state index is -0.508.